The number of piperidine rings is 1. The third-order valence-corrected chi connectivity index (χ3v) is 7.07. The number of likely N-dealkylation sites (tertiary alicyclic amines) is 1. The molecule has 0 atom stereocenters. The number of hydrogen-bond donors (Lipinski definition) is 1. The molecule has 0 bridgehead atoms. The van der Waals surface area contributed by atoms with E-state index in [1.54, 1.807) is 24.3 Å². The summed E-state index contributed by atoms with van der Waals surface area (Å²) in [5.41, 5.74) is 1.27. The molecule has 0 saturated carbocycles. The first-order valence-electron chi connectivity index (χ1n) is 10.6. The first-order chi connectivity index (χ1) is 15.5. The minimum atomic E-state index is -0.282. The lowest BCUT2D eigenvalue weighted by atomic mass is 9.97. The lowest BCUT2D eigenvalue weighted by Gasteiger charge is -2.31. The number of nitrogens with one attached hydrogen (secondary N) is 1. The first-order valence-corrected chi connectivity index (χ1v) is 11.8. The number of thiophene rings is 1. The SMILES string of the molecule is Cc1cc(NC(=O)c2ccccc2Cl)sc1C(=O)N1CCC(COc2ccccc2)CC1. The van der Waals surface area contributed by atoms with Crippen LogP contribution in [-0.2, 0) is 0 Å². The Morgan fingerprint density at radius 3 is 2.50 bits per heavy atom. The molecular formula is C25H25ClN2O3S. The molecule has 2 amide bonds. The number of rotatable bonds is 6. The zero-order valence-electron chi connectivity index (χ0n) is 17.8. The normalized spacial score (nSPS) is 14.2. The van der Waals surface area contributed by atoms with Gasteiger partial charge in [-0.2, -0.15) is 0 Å². The molecule has 2 aromatic carbocycles. The van der Waals surface area contributed by atoms with Gasteiger partial charge in [0, 0.05) is 13.1 Å². The van der Waals surface area contributed by atoms with Gasteiger partial charge in [0.25, 0.3) is 11.8 Å². The van der Waals surface area contributed by atoms with E-state index >= 15 is 0 Å². The predicted octanol–water partition coefficient (Wildman–Crippen LogP) is 5.89. The highest BCUT2D eigenvalue weighted by molar-refractivity contribution is 7.18. The lowest BCUT2D eigenvalue weighted by Crippen LogP contribution is -2.39. The Kier molecular flexibility index (Phi) is 7.12. The van der Waals surface area contributed by atoms with Crippen molar-refractivity contribution in [1.29, 1.82) is 0 Å². The van der Waals surface area contributed by atoms with Crippen molar-refractivity contribution >= 4 is 39.8 Å². The predicted molar refractivity (Wildman–Crippen MR) is 129 cm³/mol. The van der Waals surface area contributed by atoms with Gasteiger partial charge in [0.1, 0.15) is 5.75 Å². The van der Waals surface area contributed by atoms with Gasteiger partial charge in [0.2, 0.25) is 0 Å². The van der Waals surface area contributed by atoms with Crippen molar-refractivity contribution in [3.05, 3.63) is 81.7 Å². The molecule has 7 heteroatoms. The molecule has 1 aromatic heterocycles. The number of amides is 2. The lowest BCUT2D eigenvalue weighted by molar-refractivity contribution is 0.0665. The Hall–Kier alpha value is -2.83. The second-order valence-electron chi connectivity index (χ2n) is 7.92. The van der Waals surface area contributed by atoms with Gasteiger partial charge in [-0.3, -0.25) is 9.59 Å². The maximum Gasteiger partial charge on any atom is 0.264 e. The van der Waals surface area contributed by atoms with Gasteiger partial charge >= 0.3 is 0 Å². The molecule has 0 unspecified atom stereocenters. The molecule has 1 aliphatic heterocycles. The number of anilines is 1. The second-order valence-corrected chi connectivity index (χ2v) is 9.38. The molecule has 32 heavy (non-hydrogen) atoms. The van der Waals surface area contributed by atoms with E-state index in [9.17, 15) is 9.59 Å². The first kappa shape index (κ1) is 22.4. The fourth-order valence-corrected chi connectivity index (χ4v) is 5.01. The van der Waals surface area contributed by atoms with Crippen LogP contribution in [0.25, 0.3) is 0 Å². The fraction of sp³-hybridized carbons (Fsp3) is 0.280. The molecule has 5 nitrogen and oxygen atoms in total. The van der Waals surface area contributed by atoms with Crippen LogP contribution in [0.1, 0.15) is 38.4 Å². The molecule has 0 spiro atoms. The van der Waals surface area contributed by atoms with Gasteiger partial charge in [-0.25, -0.2) is 0 Å². The van der Waals surface area contributed by atoms with Crippen LogP contribution in [0.2, 0.25) is 5.02 Å². The van der Waals surface area contributed by atoms with Crippen LogP contribution < -0.4 is 10.1 Å². The summed E-state index contributed by atoms with van der Waals surface area (Å²) in [6, 6.07) is 18.6. The molecule has 1 fully saturated rings. The Morgan fingerprint density at radius 2 is 1.78 bits per heavy atom. The van der Waals surface area contributed by atoms with E-state index in [4.69, 9.17) is 16.3 Å². The number of benzene rings is 2. The van der Waals surface area contributed by atoms with E-state index in [1.165, 1.54) is 11.3 Å². The second kappa shape index (κ2) is 10.2. The number of carbonyl (C=O) groups is 2. The number of ether oxygens (including phenoxy) is 1. The quantitative estimate of drug-likeness (QED) is 0.490. The summed E-state index contributed by atoms with van der Waals surface area (Å²) in [5.74, 6) is 1.06. The van der Waals surface area contributed by atoms with E-state index in [0.717, 1.165) is 24.2 Å². The summed E-state index contributed by atoms with van der Waals surface area (Å²) in [4.78, 5) is 28.2. The Bertz CT molecular complexity index is 1090. The Morgan fingerprint density at radius 1 is 1.09 bits per heavy atom. The standard InChI is InChI=1S/C25H25ClN2O3S/c1-17-15-22(27-24(29)20-9-5-6-10-21(20)26)32-23(17)25(30)28-13-11-18(12-14-28)16-31-19-7-3-2-4-8-19/h2-10,15,18H,11-14,16H2,1H3,(H,27,29). The van der Waals surface area contributed by atoms with Gasteiger partial charge in [-0.15, -0.1) is 11.3 Å². The molecule has 4 rings (SSSR count). The summed E-state index contributed by atoms with van der Waals surface area (Å²) < 4.78 is 5.88. The zero-order valence-corrected chi connectivity index (χ0v) is 19.4. The summed E-state index contributed by atoms with van der Waals surface area (Å²) in [6.07, 6.45) is 1.83. The topological polar surface area (TPSA) is 58.6 Å². The third-order valence-electron chi connectivity index (χ3n) is 5.60. The van der Waals surface area contributed by atoms with Crippen molar-refractivity contribution < 1.29 is 14.3 Å². The van der Waals surface area contributed by atoms with Gasteiger partial charge in [0.15, 0.2) is 0 Å². The van der Waals surface area contributed by atoms with Gasteiger partial charge in [-0.05, 0) is 61.6 Å². The van der Waals surface area contributed by atoms with Crippen molar-refractivity contribution in [2.24, 2.45) is 5.92 Å². The van der Waals surface area contributed by atoms with E-state index in [2.05, 4.69) is 5.32 Å². The average Bonchev–Trinajstić information content (AvgIpc) is 3.18. The summed E-state index contributed by atoms with van der Waals surface area (Å²) in [5, 5.41) is 3.90. The largest absolute Gasteiger partial charge is 0.493 e. The zero-order chi connectivity index (χ0) is 22.5. The van der Waals surface area contributed by atoms with Crippen LogP contribution >= 0.6 is 22.9 Å². The Balaban J connectivity index is 1.32. The van der Waals surface area contributed by atoms with E-state index in [1.807, 2.05) is 48.2 Å². The minimum Gasteiger partial charge on any atom is -0.493 e. The number of para-hydroxylation sites is 1. The van der Waals surface area contributed by atoms with Crippen LogP contribution in [0.15, 0.2) is 60.7 Å². The molecule has 166 valence electrons. The average molecular weight is 469 g/mol. The summed E-state index contributed by atoms with van der Waals surface area (Å²) in [7, 11) is 0. The third kappa shape index (κ3) is 5.31. The number of carbonyl (C=O) groups excluding carboxylic acids is 2. The van der Waals surface area contributed by atoms with Gasteiger partial charge < -0.3 is 15.0 Å². The molecule has 1 aliphatic rings. The number of halogens is 1. The van der Waals surface area contributed by atoms with E-state index in [0.29, 0.717) is 46.1 Å². The highest BCUT2D eigenvalue weighted by Gasteiger charge is 2.26. The fourth-order valence-electron chi connectivity index (χ4n) is 3.76. The Labute approximate surface area is 197 Å². The molecule has 3 aromatic rings. The van der Waals surface area contributed by atoms with E-state index < -0.39 is 0 Å². The van der Waals surface area contributed by atoms with Gasteiger partial charge in [0.05, 0.1) is 27.1 Å². The van der Waals surface area contributed by atoms with Crippen molar-refractivity contribution in [3.63, 3.8) is 0 Å². The summed E-state index contributed by atoms with van der Waals surface area (Å²) in [6.45, 7) is 3.98. The number of hydrogen-bond acceptors (Lipinski definition) is 4. The van der Waals surface area contributed by atoms with Gasteiger partial charge in [-0.1, -0.05) is 41.9 Å². The van der Waals surface area contributed by atoms with Crippen molar-refractivity contribution in [2.75, 3.05) is 25.0 Å². The molecule has 2 heterocycles. The van der Waals surface area contributed by atoms with Crippen LogP contribution in [0.5, 0.6) is 5.75 Å². The minimum absolute atomic E-state index is 0.0215. The van der Waals surface area contributed by atoms with Crippen molar-refractivity contribution in [2.45, 2.75) is 19.8 Å². The molecule has 0 radical (unpaired) electrons. The van der Waals surface area contributed by atoms with Crippen LogP contribution in [-0.4, -0.2) is 36.4 Å². The summed E-state index contributed by atoms with van der Waals surface area (Å²) >= 11 is 7.42. The molecule has 1 saturated heterocycles. The maximum absolute atomic E-state index is 13.1. The highest BCUT2D eigenvalue weighted by Crippen LogP contribution is 2.30. The number of aryl methyl sites for hydroxylation is 1. The smallest absolute Gasteiger partial charge is 0.264 e. The monoisotopic (exact) mass is 468 g/mol. The number of nitrogens with zero attached hydrogens (tertiary/aromatic N) is 1. The molecule has 0 aliphatic carbocycles. The van der Waals surface area contributed by atoms with Crippen LogP contribution in [0.4, 0.5) is 5.00 Å². The van der Waals surface area contributed by atoms with Crippen molar-refractivity contribution in [3.8, 4) is 5.75 Å². The van der Waals surface area contributed by atoms with Crippen molar-refractivity contribution in [1.82, 2.24) is 4.90 Å². The molecular weight excluding hydrogens is 444 g/mol. The van der Waals surface area contributed by atoms with E-state index in [-0.39, 0.29) is 11.8 Å². The maximum atomic E-state index is 13.1. The van der Waals surface area contributed by atoms with Crippen LogP contribution in [0, 0.1) is 12.8 Å². The highest BCUT2D eigenvalue weighted by atomic mass is 35.5. The molecule has 1 N–H and O–H groups in total. The van der Waals surface area contributed by atoms with Crippen LogP contribution in [0.3, 0.4) is 0 Å².